The number of rotatable bonds is 8. The van der Waals surface area contributed by atoms with E-state index in [0.717, 1.165) is 22.2 Å². The molecule has 12 heteroatoms. The van der Waals surface area contributed by atoms with Crippen LogP contribution in [0, 0.1) is 5.92 Å². The Balaban J connectivity index is 1.35. The number of alkyl halides is 1. The van der Waals surface area contributed by atoms with E-state index in [1.165, 1.54) is 6.26 Å². The van der Waals surface area contributed by atoms with E-state index >= 15 is 0 Å². The molecule has 10 nitrogen and oxygen atoms in total. The quantitative estimate of drug-likeness (QED) is 0.437. The van der Waals surface area contributed by atoms with Gasteiger partial charge in [0.05, 0.1) is 28.2 Å². The fraction of sp³-hybridized carbons (Fsp3) is 0.556. The molecule has 0 spiro atoms. The fourth-order valence-electron chi connectivity index (χ4n) is 5.42. The number of nitrogens with one attached hydrogen (secondary N) is 1. The van der Waals surface area contributed by atoms with Gasteiger partial charge in [-0.15, -0.1) is 10.2 Å². The van der Waals surface area contributed by atoms with Crippen LogP contribution in [0.3, 0.4) is 0 Å². The van der Waals surface area contributed by atoms with Gasteiger partial charge in [0.25, 0.3) is 0 Å². The molecule has 0 saturated carbocycles. The van der Waals surface area contributed by atoms with Crippen molar-refractivity contribution in [3.05, 3.63) is 36.0 Å². The number of hydrogen-bond donors (Lipinski definition) is 1. The Morgan fingerprint density at radius 1 is 1.23 bits per heavy atom. The fourth-order valence-corrected chi connectivity index (χ4v) is 6.58. The van der Waals surface area contributed by atoms with Crippen molar-refractivity contribution in [3.63, 3.8) is 0 Å². The Morgan fingerprint density at radius 3 is 2.74 bits per heavy atom. The molecule has 5 rings (SSSR count). The van der Waals surface area contributed by atoms with Gasteiger partial charge in [-0.1, -0.05) is 19.9 Å². The Kier molecular flexibility index (Phi) is 6.58. The van der Waals surface area contributed by atoms with E-state index in [1.807, 2.05) is 19.1 Å². The highest BCUT2D eigenvalue weighted by atomic mass is 32.2. The SMILES string of the molecule is [2H]C([2H])([2H])O[C@@H]1CCN(c2nccc(Nc3cc4c(C(C)C)ccc(N5C[C@H](CS(C)(=O)=O)[C@H]5C)c4nn3)n2)C[C@@H]1F. The topological polar surface area (TPSA) is 113 Å². The second-order valence-corrected chi connectivity index (χ2v) is 13.0. The number of sulfone groups is 1. The molecule has 4 heterocycles. The third kappa shape index (κ3) is 5.76. The lowest BCUT2D eigenvalue weighted by Gasteiger charge is -2.48. The van der Waals surface area contributed by atoms with Crippen LogP contribution >= 0.6 is 0 Å². The Hall–Kier alpha value is -3.12. The maximum atomic E-state index is 14.7. The summed E-state index contributed by atoms with van der Waals surface area (Å²) in [6.45, 7) is 7.15. The molecule has 0 amide bonds. The molecule has 1 aromatic carbocycles. The number of anilines is 4. The molecule has 1 N–H and O–H groups in total. The molecule has 0 bridgehead atoms. The summed E-state index contributed by atoms with van der Waals surface area (Å²) < 4.78 is 65.0. The highest BCUT2D eigenvalue weighted by molar-refractivity contribution is 7.90. The molecule has 3 aromatic rings. The molecule has 2 aromatic heterocycles. The van der Waals surface area contributed by atoms with Gasteiger partial charge >= 0.3 is 0 Å². The van der Waals surface area contributed by atoms with Crippen molar-refractivity contribution in [2.45, 2.75) is 51.4 Å². The molecule has 2 saturated heterocycles. The largest absolute Gasteiger partial charge is 0.378 e. The van der Waals surface area contributed by atoms with E-state index in [4.69, 9.17) is 8.85 Å². The van der Waals surface area contributed by atoms with E-state index < -0.39 is 29.2 Å². The molecule has 4 atom stereocenters. The number of fused-ring (bicyclic) bond motifs is 1. The maximum absolute atomic E-state index is 14.7. The average molecular weight is 561 g/mol. The molecule has 2 fully saturated rings. The number of halogens is 1. The van der Waals surface area contributed by atoms with Gasteiger partial charge in [-0.05, 0) is 43.0 Å². The van der Waals surface area contributed by atoms with Gasteiger partial charge in [-0.25, -0.2) is 17.8 Å². The summed E-state index contributed by atoms with van der Waals surface area (Å²) in [6.07, 6.45) is 0.529. The van der Waals surface area contributed by atoms with Crippen LogP contribution in [-0.4, -0.2) is 85.6 Å². The zero-order valence-electron chi connectivity index (χ0n) is 25.5. The Labute approximate surface area is 233 Å². The number of aromatic nitrogens is 4. The van der Waals surface area contributed by atoms with Gasteiger partial charge in [0.2, 0.25) is 5.95 Å². The zero-order valence-corrected chi connectivity index (χ0v) is 23.3. The molecule has 2 aliphatic heterocycles. The van der Waals surface area contributed by atoms with Crippen molar-refractivity contribution >= 4 is 44.0 Å². The molecular formula is C27H36FN7O3S. The van der Waals surface area contributed by atoms with Crippen LogP contribution in [0.1, 0.15) is 42.8 Å². The first-order chi connectivity index (χ1) is 19.7. The Morgan fingerprint density at radius 2 is 2.05 bits per heavy atom. The lowest BCUT2D eigenvalue weighted by molar-refractivity contribution is 0.0194. The summed E-state index contributed by atoms with van der Waals surface area (Å²) in [4.78, 5) is 12.7. The number of ether oxygens (including phenoxy) is 1. The van der Waals surface area contributed by atoms with Crippen LogP contribution in [0.25, 0.3) is 10.9 Å². The molecule has 39 heavy (non-hydrogen) atoms. The molecule has 210 valence electrons. The molecule has 0 radical (unpaired) electrons. The minimum absolute atomic E-state index is 0.0564. The maximum Gasteiger partial charge on any atom is 0.227 e. The van der Waals surface area contributed by atoms with E-state index in [0.29, 0.717) is 30.7 Å². The van der Waals surface area contributed by atoms with Crippen LogP contribution in [-0.2, 0) is 14.6 Å². The standard InChI is InChI=1S/C27H36FN7O3S/c1-16(2)19-6-7-22(35-13-18(17(35)3)15-39(5,36)37)26-20(19)12-25(32-33-26)30-24-8-10-29-27(31-24)34-11-9-23(38-4)21(28)14-34/h6-8,10,12,16-18,21,23H,9,11,13-15H2,1-5H3,(H,29,30,31,32)/t17-,18-,21+,23-/m1/s1/i4D3. The summed E-state index contributed by atoms with van der Waals surface area (Å²) in [6, 6.07) is 7.78. The van der Waals surface area contributed by atoms with Gasteiger partial charge in [0.1, 0.15) is 27.3 Å². The first kappa shape index (κ1) is 23.7. The smallest absolute Gasteiger partial charge is 0.227 e. The highest BCUT2D eigenvalue weighted by Gasteiger charge is 2.38. The third-order valence-electron chi connectivity index (χ3n) is 7.64. The number of hydrogen-bond acceptors (Lipinski definition) is 10. The van der Waals surface area contributed by atoms with Crippen LogP contribution < -0.4 is 15.1 Å². The van der Waals surface area contributed by atoms with Gasteiger partial charge in [-0.3, -0.25) is 0 Å². The van der Waals surface area contributed by atoms with Crippen molar-refractivity contribution in [2.75, 3.05) is 53.8 Å². The summed E-state index contributed by atoms with van der Waals surface area (Å²) in [5, 5.41) is 13.1. The van der Waals surface area contributed by atoms with Crippen molar-refractivity contribution in [3.8, 4) is 0 Å². The number of nitrogens with zero attached hydrogens (tertiary/aromatic N) is 6. The summed E-state index contributed by atoms with van der Waals surface area (Å²) in [5.41, 5.74) is 2.77. The first-order valence-electron chi connectivity index (χ1n) is 14.6. The monoisotopic (exact) mass is 560 g/mol. The van der Waals surface area contributed by atoms with Crippen molar-refractivity contribution in [2.24, 2.45) is 5.92 Å². The lowest BCUT2D eigenvalue weighted by atomic mass is 9.89. The highest BCUT2D eigenvalue weighted by Crippen LogP contribution is 2.38. The molecule has 2 aliphatic rings. The van der Waals surface area contributed by atoms with E-state index in [1.54, 1.807) is 17.2 Å². The first-order valence-corrected chi connectivity index (χ1v) is 15.2. The average Bonchev–Trinajstić information content (AvgIpc) is 2.90. The van der Waals surface area contributed by atoms with Crippen LogP contribution in [0.5, 0.6) is 0 Å². The van der Waals surface area contributed by atoms with E-state index in [9.17, 15) is 12.8 Å². The minimum Gasteiger partial charge on any atom is -0.378 e. The molecule has 0 unspecified atom stereocenters. The molecular weight excluding hydrogens is 521 g/mol. The van der Waals surface area contributed by atoms with Crippen LogP contribution in [0.15, 0.2) is 30.5 Å². The predicted molar refractivity (Wildman–Crippen MR) is 151 cm³/mol. The van der Waals surface area contributed by atoms with Crippen molar-refractivity contribution in [1.82, 2.24) is 20.2 Å². The minimum atomic E-state index is -3.06. The zero-order chi connectivity index (χ0) is 30.4. The number of benzene rings is 1. The third-order valence-corrected chi connectivity index (χ3v) is 8.67. The number of methoxy groups -OCH3 is 1. The van der Waals surface area contributed by atoms with Crippen LogP contribution in [0.4, 0.5) is 27.7 Å². The van der Waals surface area contributed by atoms with E-state index in [-0.39, 0.29) is 36.6 Å². The predicted octanol–water partition coefficient (Wildman–Crippen LogP) is 3.72. The second kappa shape index (κ2) is 10.8. The van der Waals surface area contributed by atoms with Gasteiger partial charge in [0, 0.05) is 49.9 Å². The van der Waals surface area contributed by atoms with Gasteiger partial charge in [-0.2, -0.15) is 4.98 Å². The second-order valence-electron chi connectivity index (χ2n) is 10.8. The summed E-state index contributed by atoms with van der Waals surface area (Å²) in [5.74, 6) is 1.69. The van der Waals surface area contributed by atoms with Gasteiger partial charge < -0.3 is 19.9 Å². The van der Waals surface area contributed by atoms with Crippen molar-refractivity contribution in [1.29, 1.82) is 0 Å². The van der Waals surface area contributed by atoms with Gasteiger partial charge in [0.15, 0.2) is 5.82 Å². The summed E-state index contributed by atoms with van der Waals surface area (Å²) >= 11 is 0. The van der Waals surface area contributed by atoms with Crippen molar-refractivity contribution < 1.29 is 21.7 Å². The Bertz CT molecular complexity index is 1560. The van der Waals surface area contributed by atoms with Crippen LogP contribution in [0.2, 0.25) is 0 Å². The molecule has 0 aliphatic carbocycles. The lowest BCUT2D eigenvalue weighted by Crippen LogP contribution is -2.57. The van der Waals surface area contributed by atoms with E-state index in [2.05, 4.69) is 50.3 Å². The normalized spacial score (nSPS) is 25.2. The summed E-state index contributed by atoms with van der Waals surface area (Å²) in [7, 11) is -5.71. The number of piperidine rings is 1.